The maximum absolute atomic E-state index is 14.5. The molecule has 6 heteroatoms. The molecule has 5 rings (SSSR count). The van der Waals surface area contributed by atoms with Gasteiger partial charge < -0.3 is 19.5 Å². The quantitative estimate of drug-likeness (QED) is 0.374. The van der Waals surface area contributed by atoms with Crippen molar-refractivity contribution in [2.75, 3.05) is 25.7 Å². The molecule has 0 radical (unpaired) electrons. The lowest BCUT2D eigenvalue weighted by Gasteiger charge is -2.36. The Balaban J connectivity index is 1.85. The number of hydrogen-bond acceptors (Lipinski definition) is 5. The van der Waals surface area contributed by atoms with Gasteiger partial charge in [0.25, 0.3) is 5.91 Å². The molecule has 1 atom stereocenters. The first-order valence-electron chi connectivity index (χ1n) is 12.6. The lowest BCUT2D eigenvalue weighted by molar-refractivity contribution is -0.124. The molecule has 1 aliphatic heterocycles. The van der Waals surface area contributed by atoms with Gasteiger partial charge in [0.15, 0.2) is 17.5 Å². The van der Waals surface area contributed by atoms with Gasteiger partial charge in [-0.25, -0.2) is 0 Å². The van der Waals surface area contributed by atoms with Crippen molar-refractivity contribution in [3.05, 3.63) is 125 Å². The highest BCUT2D eigenvalue weighted by molar-refractivity contribution is 6.20. The minimum Gasteiger partial charge on any atom is -0.493 e. The fourth-order valence-electron chi connectivity index (χ4n) is 5.09. The molecule has 0 saturated carbocycles. The van der Waals surface area contributed by atoms with Gasteiger partial charge in [-0.1, -0.05) is 91.0 Å². The molecule has 38 heavy (non-hydrogen) atoms. The van der Waals surface area contributed by atoms with E-state index in [2.05, 4.69) is 0 Å². The predicted molar refractivity (Wildman–Crippen MR) is 149 cm³/mol. The summed E-state index contributed by atoms with van der Waals surface area (Å²) in [4.78, 5) is 21.2. The van der Waals surface area contributed by atoms with Gasteiger partial charge in [0.05, 0.1) is 25.6 Å². The third-order valence-corrected chi connectivity index (χ3v) is 6.99. The fraction of sp³-hybridized carbons (Fsp3) is 0.188. The van der Waals surface area contributed by atoms with Gasteiger partial charge in [-0.05, 0) is 24.1 Å². The van der Waals surface area contributed by atoms with E-state index in [1.807, 2.05) is 104 Å². The average Bonchev–Trinajstić information content (AvgIpc) is 3.10. The van der Waals surface area contributed by atoms with Gasteiger partial charge in [-0.2, -0.15) is 0 Å². The molecule has 1 aliphatic rings. The molecule has 4 aromatic rings. The van der Waals surface area contributed by atoms with Crippen LogP contribution in [0.5, 0.6) is 11.5 Å². The fourth-order valence-corrected chi connectivity index (χ4v) is 5.09. The molecule has 0 spiro atoms. The molecular weight excluding hydrogens is 476 g/mol. The van der Waals surface area contributed by atoms with Crippen LogP contribution in [-0.4, -0.2) is 43.5 Å². The molecule has 0 fully saturated rings. The normalized spacial score (nSPS) is 15.4. The summed E-state index contributed by atoms with van der Waals surface area (Å²) in [6, 6.07) is 30.7. The Morgan fingerprint density at radius 1 is 0.816 bits per heavy atom. The van der Waals surface area contributed by atoms with Crippen LogP contribution < -0.4 is 14.4 Å². The number of carbonyl (C=O) groups excluding carboxylic acids is 1. The molecule has 0 bridgehead atoms. The van der Waals surface area contributed by atoms with E-state index in [0.717, 1.165) is 11.1 Å². The van der Waals surface area contributed by atoms with Crippen LogP contribution in [0.25, 0.3) is 0 Å². The van der Waals surface area contributed by atoms with E-state index < -0.39 is 11.6 Å². The van der Waals surface area contributed by atoms with Gasteiger partial charge in [0, 0.05) is 23.7 Å². The van der Waals surface area contributed by atoms with E-state index in [4.69, 9.17) is 14.5 Å². The predicted octanol–water partition coefficient (Wildman–Crippen LogP) is 5.21. The second-order valence-corrected chi connectivity index (χ2v) is 9.05. The van der Waals surface area contributed by atoms with Crippen LogP contribution in [0, 0.1) is 0 Å². The van der Waals surface area contributed by atoms with Gasteiger partial charge in [-0.3, -0.25) is 9.79 Å². The van der Waals surface area contributed by atoms with Gasteiger partial charge in [0.2, 0.25) is 0 Å². The van der Waals surface area contributed by atoms with E-state index in [-0.39, 0.29) is 5.91 Å². The molecule has 0 aliphatic carbocycles. The highest BCUT2D eigenvalue weighted by atomic mass is 16.5. The Kier molecular flexibility index (Phi) is 6.99. The molecule has 6 nitrogen and oxygen atoms in total. The zero-order valence-corrected chi connectivity index (χ0v) is 21.7. The summed E-state index contributed by atoms with van der Waals surface area (Å²) in [6.45, 7) is 2.28. The molecule has 4 aromatic carbocycles. The SMILES string of the molecule is CCN1C(=O)C(C(O)(c2ccccc2)c2ccccc2)N=C(c2ccccc2)c2cc(OC)c(OC)cc21. The smallest absolute Gasteiger partial charge is 0.255 e. The lowest BCUT2D eigenvalue weighted by atomic mass is 9.79. The first kappa shape index (κ1) is 25.2. The molecule has 0 aromatic heterocycles. The summed E-state index contributed by atoms with van der Waals surface area (Å²) in [5, 5.41) is 12.6. The minimum atomic E-state index is -1.73. The van der Waals surface area contributed by atoms with Crippen LogP contribution in [-0.2, 0) is 10.4 Å². The van der Waals surface area contributed by atoms with E-state index in [1.54, 1.807) is 25.2 Å². The summed E-state index contributed by atoms with van der Waals surface area (Å²) in [5.41, 5.74) is 2.19. The molecule has 1 heterocycles. The number of aliphatic hydroxyl groups is 1. The van der Waals surface area contributed by atoms with Crippen molar-refractivity contribution in [3.63, 3.8) is 0 Å². The van der Waals surface area contributed by atoms with Crippen molar-refractivity contribution >= 4 is 17.3 Å². The minimum absolute atomic E-state index is 0.317. The van der Waals surface area contributed by atoms with Crippen molar-refractivity contribution in [2.24, 2.45) is 4.99 Å². The van der Waals surface area contributed by atoms with Crippen LogP contribution in [0.2, 0.25) is 0 Å². The summed E-state index contributed by atoms with van der Waals surface area (Å²) in [5.74, 6) is 0.713. The number of nitrogens with zero attached hydrogens (tertiary/aromatic N) is 2. The van der Waals surface area contributed by atoms with Crippen LogP contribution >= 0.6 is 0 Å². The van der Waals surface area contributed by atoms with Crippen LogP contribution in [0.4, 0.5) is 5.69 Å². The highest BCUT2D eigenvalue weighted by Gasteiger charge is 2.48. The number of ether oxygens (including phenoxy) is 2. The van der Waals surface area contributed by atoms with Gasteiger partial charge in [0.1, 0.15) is 5.60 Å². The average molecular weight is 507 g/mol. The first-order valence-corrected chi connectivity index (χ1v) is 12.6. The number of aliphatic imine (C=N–C) groups is 1. The number of methoxy groups -OCH3 is 2. The number of anilines is 1. The van der Waals surface area contributed by atoms with Gasteiger partial charge in [-0.15, -0.1) is 0 Å². The van der Waals surface area contributed by atoms with Crippen molar-refractivity contribution < 1.29 is 19.4 Å². The number of carbonyl (C=O) groups is 1. The number of rotatable bonds is 7. The standard InChI is InChI=1S/C32H30N2O4/c1-4-34-26-21-28(38-3)27(37-2)20-25(26)29(22-14-8-5-9-15-22)33-30(31(34)35)32(36,23-16-10-6-11-17-23)24-18-12-7-13-19-24/h5-21,30,36H,4H2,1-3H3. The number of fused-ring (bicyclic) bond motifs is 1. The first-order chi connectivity index (χ1) is 18.5. The highest BCUT2D eigenvalue weighted by Crippen LogP contribution is 2.42. The van der Waals surface area contributed by atoms with E-state index in [1.165, 1.54) is 0 Å². The van der Waals surface area contributed by atoms with Crippen molar-refractivity contribution in [1.29, 1.82) is 0 Å². The number of benzodiazepines with no additional fused rings is 1. The Hall–Kier alpha value is -4.42. The Morgan fingerprint density at radius 2 is 1.32 bits per heavy atom. The molecule has 1 unspecified atom stereocenters. The maximum atomic E-state index is 14.5. The van der Waals surface area contributed by atoms with Crippen molar-refractivity contribution in [1.82, 2.24) is 0 Å². The number of likely N-dealkylation sites (N-methyl/N-ethyl adjacent to an activating group) is 1. The zero-order chi connectivity index (χ0) is 26.7. The molecule has 1 N–H and O–H groups in total. The molecular formula is C32H30N2O4. The summed E-state index contributed by atoms with van der Waals surface area (Å²) in [7, 11) is 3.15. The Morgan fingerprint density at radius 3 is 1.82 bits per heavy atom. The van der Waals surface area contributed by atoms with Gasteiger partial charge >= 0.3 is 0 Å². The largest absolute Gasteiger partial charge is 0.493 e. The summed E-state index contributed by atoms with van der Waals surface area (Å²) < 4.78 is 11.2. The van der Waals surface area contributed by atoms with Crippen molar-refractivity contribution in [3.8, 4) is 11.5 Å². The van der Waals surface area contributed by atoms with E-state index in [0.29, 0.717) is 40.6 Å². The van der Waals surface area contributed by atoms with E-state index >= 15 is 0 Å². The molecule has 1 amide bonds. The second kappa shape index (κ2) is 10.5. The second-order valence-electron chi connectivity index (χ2n) is 9.05. The third kappa shape index (κ3) is 4.23. The maximum Gasteiger partial charge on any atom is 0.255 e. The monoisotopic (exact) mass is 506 g/mol. The summed E-state index contributed by atoms with van der Waals surface area (Å²) in [6.07, 6.45) is 0. The molecule has 0 saturated heterocycles. The van der Waals surface area contributed by atoms with Crippen LogP contribution in [0.1, 0.15) is 29.2 Å². The number of amides is 1. The van der Waals surface area contributed by atoms with Crippen LogP contribution in [0.15, 0.2) is 108 Å². The zero-order valence-electron chi connectivity index (χ0n) is 21.7. The molecule has 192 valence electrons. The van der Waals surface area contributed by atoms with E-state index in [9.17, 15) is 9.90 Å². The Bertz CT molecular complexity index is 1410. The number of hydrogen-bond donors (Lipinski definition) is 1. The summed E-state index contributed by atoms with van der Waals surface area (Å²) >= 11 is 0. The van der Waals surface area contributed by atoms with Crippen molar-refractivity contribution in [2.45, 2.75) is 18.6 Å². The topological polar surface area (TPSA) is 71.4 Å². The third-order valence-electron chi connectivity index (χ3n) is 6.99. The lowest BCUT2D eigenvalue weighted by Crippen LogP contribution is -2.50. The number of benzene rings is 4. The Labute approximate surface area is 222 Å². The van der Waals surface area contributed by atoms with Crippen LogP contribution in [0.3, 0.4) is 0 Å².